The van der Waals surface area contributed by atoms with Gasteiger partial charge in [-0.25, -0.2) is 9.59 Å². The number of hydrogen-bond acceptors (Lipinski definition) is 7. The summed E-state index contributed by atoms with van der Waals surface area (Å²) >= 11 is 1.23. The molecular weight excluding hydrogens is 382 g/mol. The van der Waals surface area contributed by atoms with Crippen LogP contribution >= 0.6 is 11.3 Å². The summed E-state index contributed by atoms with van der Waals surface area (Å²) in [4.78, 5) is 37.5. The molecule has 7 nitrogen and oxygen atoms in total. The van der Waals surface area contributed by atoms with E-state index < -0.39 is 30.6 Å². The van der Waals surface area contributed by atoms with Crippen LogP contribution in [0.1, 0.15) is 29.4 Å². The predicted molar refractivity (Wildman–Crippen MR) is 104 cm³/mol. The summed E-state index contributed by atoms with van der Waals surface area (Å²) in [5, 5.41) is 2.64. The monoisotopic (exact) mass is 403 g/mol. The zero-order valence-electron chi connectivity index (χ0n) is 15.4. The number of amides is 1. The molecule has 1 aliphatic heterocycles. The molecule has 0 aliphatic carbocycles. The topological polar surface area (TPSA) is 90.9 Å². The molecule has 1 atom stereocenters. The van der Waals surface area contributed by atoms with Crippen LogP contribution in [0.3, 0.4) is 0 Å². The molecule has 1 N–H and O–H groups in total. The van der Waals surface area contributed by atoms with Gasteiger partial charge in [0.05, 0.1) is 12.3 Å². The minimum absolute atomic E-state index is 0.226. The number of thiophene rings is 1. The third-order valence-electron chi connectivity index (χ3n) is 4.06. The average Bonchev–Trinajstić information content (AvgIpc) is 3.37. The first-order chi connectivity index (χ1) is 13.6. The minimum atomic E-state index is -0.603. The predicted octanol–water partition coefficient (Wildman–Crippen LogP) is 3.25. The molecule has 1 saturated heterocycles. The second-order valence-electron chi connectivity index (χ2n) is 6.10. The standard InChI is InChI=1S/C20H21NO6S/c1-2-25-20(24)18-14(11-16(28-18)13-7-4-3-5-8-13)21-17(22)12-27-19(23)15-9-6-10-26-15/h3-5,7-8,11,15H,2,6,9-10,12H2,1H3,(H,21,22)/t15-/m0/s1. The van der Waals surface area contributed by atoms with Crippen LogP contribution in [0.5, 0.6) is 0 Å². The molecule has 1 aromatic heterocycles. The lowest BCUT2D eigenvalue weighted by atomic mass is 10.2. The van der Waals surface area contributed by atoms with E-state index in [1.165, 1.54) is 11.3 Å². The molecule has 0 radical (unpaired) electrons. The maximum absolute atomic E-state index is 12.3. The Morgan fingerprint density at radius 2 is 2.00 bits per heavy atom. The van der Waals surface area contributed by atoms with E-state index in [4.69, 9.17) is 14.2 Å². The van der Waals surface area contributed by atoms with Crippen molar-refractivity contribution in [2.75, 3.05) is 25.1 Å². The number of anilines is 1. The van der Waals surface area contributed by atoms with Crippen molar-refractivity contribution in [1.82, 2.24) is 0 Å². The van der Waals surface area contributed by atoms with Crippen LogP contribution in [0, 0.1) is 0 Å². The normalized spacial score (nSPS) is 15.8. The second-order valence-corrected chi connectivity index (χ2v) is 7.15. The van der Waals surface area contributed by atoms with Crippen LogP contribution in [-0.4, -0.2) is 43.8 Å². The summed E-state index contributed by atoms with van der Waals surface area (Å²) in [5.74, 6) is -1.59. The Kier molecular flexibility index (Phi) is 6.78. The lowest BCUT2D eigenvalue weighted by Gasteiger charge is -2.10. The van der Waals surface area contributed by atoms with Crippen molar-refractivity contribution < 1.29 is 28.6 Å². The summed E-state index contributed by atoms with van der Waals surface area (Å²) in [7, 11) is 0. The summed E-state index contributed by atoms with van der Waals surface area (Å²) in [6.07, 6.45) is 0.790. The lowest BCUT2D eigenvalue weighted by Crippen LogP contribution is -2.27. The molecule has 0 unspecified atom stereocenters. The number of nitrogens with one attached hydrogen (secondary N) is 1. The van der Waals surface area contributed by atoms with Crippen LogP contribution < -0.4 is 5.32 Å². The highest BCUT2D eigenvalue weighted by atomic mass is 32.1. The summed E-state index contributed by atoms with van der Waals surface area (Å²) in [5.41, 5.74) is 1.25. The van der Waals surface area contributed by atoms with E-state index in [9.17, 15) is 14.4 Å². The summed E-state index contributed by atoms with van der Waals surface area (Å²) in [6.45, 7) is 2.01. The molecule has 0 spiro atoms. The van der Waals surface area contributed by atoms with Crippen LogP contribution in [-0.2, 0) is 23.8 Å². The highest BCUT2D eigenvalue weighted by Crippen LogP contribution is 2.35. The molecule has 1 fully saturated rings. The molecule has 0 saturated carbocycles. The molecule has 148 valence electrons. The van der Waals surface area contributed by atoms with E-state index in [1.54, 1.807) is 13.0 Å². The SMILES string of the molecule is CCOC(=O)c1sc(-c2ccccc2)cc1NC(=O)COC(=O)[C@@H]1CCCO1. The van der Waals surface area contributed by atoms with E-state index in [0.29, 0.717) is 23.6 Å². The molecule has 2 heterocycles. The van der Waals surface area contributed by atoms with Crippen molar-refractivity contribution >= 4 is 34.9 Å². The molecule has 0 bridgehead atoms. The van der Waals surface area contributed by atoms with E-state index in [1.807, 2.05) is 30.3 Å². The van der Waals surface area contributed by atoms with Crippen LogP contribution in [0.25, 0.3) is 10.4 Å². The van der Waals surface area contributed by atoms with Gasteiger partial charge in [0.25, 0.3) is 5.91 Å². The number of carbonyl (C=O) groups is 3. The van der Waals surface area contributed by atoms with Crippen molar-refractivity contribution in [3.05, 3.63) is 41.3 Å². The van der Waals surface area contributed by atoms with Gasteiger partial charge in [0.15, 0.2) is 12.7 Å². The first-order valence-corrected chi connectivity index (χ1v) is 9.84. The highest BCUT2D eigenvalue weighted by Gasteiger charge is 2.26. The molecule has 1 aliphatic rings. The molecule has 28 heavy (non-hydrogen) atoms. The number of ether oxygens (including phenoxy) is 3. The van der Waals surface area contributed by atoms with Crippen molar-refractivity contribution in [1.29, 1.82) is 0 Å². The molecule has 2 aromatic rings. The van der Waals surface area contributed by atoms with Gasteiger partial charge in [-0.3, -0.25) is 4.79 Å². The number of rotatable bonds is 7. The maximum Gasteiger partial charge on any atom is 0.350 e. The molecule has 1 aromatic carbocycles. The maximum atomic E-state index is 12.3. The van der Waals surface area contributed by atoms with Gasteiger partial charge in [0, 0.05) is 11.5 Å². The number of benzene rings is 1. The van der Waals surface area contributed by atoms with Gasteiger partial charge in [0.2, 0.25) is 0 Å². The third-order valence-corrected chi connectivity index (χ3v) is 5.23. The largest absolute Gasteiger partial charge is 0.462 e. The van der Waals surface area contributed by atoms with E-state index >= 15 is 0 Å². The van der Waals surface area contributed by atoms with Gasteiger partial charge in [0.1, 0.15) is 4.88 Å². The Labute approximate surface area is 166 Å². The Balaban J connectivity index is 1.70. The zero-order valence-corrected chi connectivity index (χ0v) is 16.3. The lowest BCUT2D eigenvalue weighted by molar-refractivity contribution is -0.156. The Hall–Kier alpha value is -2.71. The zero-order chi connectivity index (χ0) is 19.9. The van der Waals surface area contributed by atoms with Gasteiger partial charge >= 0.3 is 11.9 Å². The Bertz CT molecular complexity index is 842. The van der Waals surface area contributed by atoms with Crippen molar-refractivity contribution in [2.45, 2.75) is 25.9 Å². The molecular formula is C20H21NO6S. The quantitative estimate of drug-likeness (QED) is 0.714. The van der Waals surface area contributed by atoms with Crippen molar-refractivity contribution in [3.8, 4) is 10.4 Å². The molecule has 1 amide bonds. The van der Waals surface area contributed by atoms with Gasteiger partial charge in [-0.05, 0) is 31.4 Å². The molecule has 8 heteroatoms. The second kappa shape index (κ2) is 9.48. The van der Waals surface area contributed by atoms with Crippen molar-refractivity contribution in [2.24, 2.45) is 0 Å². The van der Waals surface area contributed by atoms with Crippen LogP contribution in [0.15, 0.2) is 36.4 Å². The van der Waals surface area contributed by atoms with Gasteiger partial charge in [-0.1, -0.05) is 30.3 Å². The van der Waals surface area contributed by atoms with E-state index in [-0.39, 0.29) is 6.61 Å². The highest BCUT2D eigenvalue weighted by molar-refractivity contribution is 7.18. The van der Waals surface area contributed by atoms with Gasteiger partial charge < -0.3 is 19.5 Å². The van der Waals surface area contributed by atoms with Crippen LogP contribution in [0.4, 0.5) is 5.69 Å². The van der Waals surface area contributed by atoms with Gasteiger partial charge in [-0.2, -0.15) is 0 Å². The Morgan fingerprint density at radius 1 is 1.21 bits per heavy atom. The van der Waals surface area contributed by atoms with Crippen molar-refractivity contribution in [3.63, 3.8) is 0 Å². The van der Waals surface area contributed by atoms with E-state index in [2.05, 4.69) is 5.32 Å². The summed E-state index contributed by atoms with van der Waals surface area (Å²) in [6, 6.07) is 11.2. The fourth-order valence-corrected chi connectivity index (χ4v) is 3.77. The average molecular weight is 403 g/mol. The smallest absolute Gasteiger partial charge is 0.350 e. The third kappa shape index (κ3) is 4.96. The number of carbonyl (C=O) groups excluding carboxylic acids is 3. The van der Waals surface area contributed by atoms with Crippen LogP contribution in [0.2, 0.25) is 0 Å². The summed E-state index contributed by atoms with van der Waals surface area (Å²) < 4.78 is 15.3. The number of esters is 2. The minimum Gasteiger partial charge on any atom is -0.462 e. The number of hydrogen-bond donors (Lipinski definition) is 1. The Morgan fingerprint density at radius 3 is 2.68 bits per heavy atom. The molecule has 3 rings (SSSR count). The van der Waals surface area contributed by atoms with Gasteiger partial charge in [-0.15, -0.1) is 11.3 Å². The first kappa shape index (κ1) is 20.0. The fraction of sp³-hybridized carbons (Fsp3) is 0.350. The fourth-order valence-electron chi connectivity index (χ4n) is 2.76. The van der Waals surface area contributed by atoms with E-state index in [0.717, 1.165) is 16.9 Å². The first-order valence-electron chi connectivity index (χ1n) is 9.03.